The second-order valence-electron chi connectivity index (χ2n) is 6.50. The van der Waals surface area contributed by atoms with Crippen molar-refractivity contribution in [2.24, 2.45) is 0 Å². The minimum Gasteiger partial charge on any atom is -0.342 e. The van der Waals surface area contributed by atoms with E-state index in [0.29, 0.717) is 31.5 Å². The number of benzene rings is 1. The van der Waals surface area contributed by atoms with Gasteiger partial charge in [-0.25, -0.2) is 9.18 Å². The van der Waals surface area contributed by atoms with Crippen LogP contribution in [0.3, 0.4) is 0 Å². The number of nitrogens with zero attached hydrogens (tertiary/aromatic N) is 1. The first kappa shape index (κ1) is 16.4. The number of likely N-dealkylation sites (tertiary alicyclic amines) is 1. The maximum atomic E-state index is 13.8. The fourth-order valence-corrected chi connectivity index (χ4v) is 3.39. The zero-order valence-corrected chi connectivity index (χ0v) is 13.5. The molecule has 0 radical (unpaired) electrons. The molecule has 0 saturated carbocycles. The number of halogens is 1. The van der Waals surface area contributed by atoms with Gasteiger partial charge >= 0.3 is 6.03 Å². The van der Waals surface area contributed by atoms with Crippen LogP contribution in [-0.2, 0) is 9.59 Å². The van der Waals surface area contributed by atoms with Crippen molar-refractivity contribution in [3.05, 3.63) is 35.6 Å². The Kier molecular flexibility index (Phi) is 4.26. The molecule has 24 heavy (non-hydrogen) atoms. The van der Waals surface area contributed by atoms with Crippen LogP contribution in [-0.4, -0.2) is 41.4 Å². The molecule has 6 nitrogen and oxygen atoms in total. The van der Waals surface area contributed by atoms with Gasteiger partial charge in [0, 0.05) is 19.5 Å². The first-order valence-corrected chi connectivity index (χ1v) is 8.07. The molecule has 1 aromatic rings. The van der Waals surface area contributed by atoms with E-state index in [1.807, 2.05) is 6.92 Å². The van der Waals surface area contributed by atoms with Crippen molar-refractivity contribution >= 4 is 17.8 Å². The number of hydrogen-bond acceptors (Lipinski definition) is 3. The Balaban J connectivity index is 1.59. The van der Waals surface area contributed by atoms with Crippen molar-refractivity contribution < 1.29 is 18.8 Å². The SMILES string of the molecule is C[C@H](CC(=O)N1CCC2(CC1)NC(=O)NC2=O)c1ccccc1F. The summed E-state index contributed by atoms with van der Waals surface area (Å²) >= 11 is 0. The average molecular weight is 333 g/mol. The molecule has 7 heteroatoms. The van der Waals surface area contributed by atoms with Crippen molar-refractivity contribution in [1.29, 1.82) is 0 Å². The molecule has 128 valence electrons. The number of nitrogens with one attached hydrogen (secondary N) is 2. The van der Waals surface area contributed by atoms with Crippen LogP contribution >= 0.6 is 0 Å². The van der Waals surface area contributed by atoms with Gasteiger partial charge in [0.15, 0.2) is 0 Å². The van der Waals surface area contributed by atoms with Gasteiger partial charge in [0.1, 0.15) is 11.4 Å². The standard InChI is InChI=1S/C17H20FN3O3/c1-11(12-4-2-3-5-13(12)18)10-14(22)21-8-6-17(7-9-21)15(23)19-16(24)20-17/h2-5,11H,6-10H2,1H3,(H2,19,20,23,24)/t11-/m1/s1. The molecule has 2 heterocycles. The molecule has 0 aliphatic carbocycles. The van der Waals surface area contributed by atoms with E-state index in [1.54, 1.807) is 23.1 Å². The average Bonchev–Trinajstić information content (AvgIpc) is 2.81. The Morgan fingerprint density at radius 2 is 1.96 bits per heavy atom. The molecule has 3 rings (SSSR count). The van der Waals surface area contributed by atoms with E-state index in [0.717, 1.165) is 0 Å². The lowest BCUT2D eigenvalue weighted by molar-refractivity contribution is -0.136. The fourth-order valence-electron chi connectivity index (χ4n) is 3.39. The smallest absolute Gasteiger partial charge is 0.322 e. The first-order valence-electron chi connectivity index (χ1n) is 8.07. The van der Waals surface area contributed by atoms with Gasteiger partial charge in [-0.2, -0.15) is 0 Å². The van der Waals surface area contributed by atoms with Crippen LogP contribution in [0.1, 0.15) is 37.7 Å². The van der Waals surface area contributed by atoms with Gasteiger partial charge in [0.05, 0.1) is 0 Å². The Labute approximate surface area is 139 Å². The van der Waals surface area contributed by atoms with E-state index in [2.05, 4.69) is 10.6 Å². The summed E-state index contributed by atoms with van der Waals surface area (Å²) in [6.07, 6.45) is 1.00. The van der Waals surface area contributed by atoms with E-state index in [9.17, 15) is 18.8 Å². The molecule has 2 saturated heterocycles. The zero-order valence-electron chi connectivity index (χ0n) is 13.5. The maximum absolute atomic E-state index is 13.8. The topological polar surface area (TPSA) is 78.5 Å². The number of imide groups is 1. The lowest BCUT2D eigenvalue weighted by Gasteiger charge is -2.37. The maximum Gasteiger partial charge on any atom is 0.322 e. The second-order valence-corrected chi connectivity index (χ2v) is 6.50. The number of rotatable bonds is 3. The summed E-state index contributed by atoms with van der Waals surface area (Å²) in [6.45, 7) is 2.62. The number of amides is 4. The summed E-state index contributed by atoms with van der Waals surface area (Å²) in [5, 5.41) is 4.91. The molecule has 1 aromatic carbocycles. The predicted molar refractivity (Wildman–Crippen MR) is 84.7 cm³/mol. The normalized spacial score (nSPS) is 20.7. The molecular formula is C17H20FN3O3. The van der Waals surface area contributed by atoms with Crippen LogP contribution < -0.4 is 10.6 Å². The quantitative estimate of drug-likeness (QED) is 0.823. The van der Waals surface area contributed by atoms with Crippen LogP contribution in [0.25, 0.3) is 0 Å². The van der Waals surface area contributed by atoms with Crippen LogP contribution in [0, 0.1) is 5.82 Å². The van der Waals surface area contributed by atoms with Crippen LogP contribution in [0.4, 0.5) is 9.18 Å². The molecule has 1 atom stereocenters. The van der Waals surface area contributed by atoms with Crippen LogP contribution in [0.2, 0.25) is 0 Å². The summed E-state index contributed by atoms with van der Waals surface area (Å²) in [5.41, 5.74) is -0.355. The molecule has 2 N–H and O–H groups in total. The summed E-state index contributed by atoms with van der Waals surface area (Å²) < 4.78 is 13.8. The van der Waals surface area contributed by atoms with Crippen LogP contribution in [0.15, 0.2) is 24.3 Å². The molecule has 0 bridgehead atoms. The summed E-state index contributed by atoms with van der Waals surface area (Å²) in [5.74, 6) is -0.908. The molecule has 4 amide bonds. The van der Waals surface area contributed by atoms with Gasteiger partial charge in [-0.15, -0.1) is 0 Å². The molecule has 0 aromatic heterocycles. The minimum absolute atomic E-state index is 0.0645. The van der Waals surface area contributed by atoms with E-state index >= 15 is 0 Å². The van der Waals surface area contributed by atoms with E-state index in [-0.39, 0.29) is 30.0 Å². The molecular weight excluding hydrogens is 313 g/mol. The highest BCUT2D eigenvalue weighted by molar-refractivity contribution is 6.07. The largest absolute Gasteiger partial charge is 0.342 e. The van der Waals surface area contributed by atoms with E-state index in [1.165, 1.54) is 6.07 Å². The van der Waals surface area contributed by atoms with Crippen molar-refractivity contribution in [2.75, 3.05) is 13.1 Å². The monoisotopic (exact) mass is 333 g/mol. The van der Waals surface area contributed by atoms with Crippen molar-refractivity contribution in [3.8, 4) is 0 Å². The summed E-state index contributed by atoms with van der Waals surface area (Å²) in [4.78, 5) is 37.4. The van der Waals surface area contributed by atoms with Crippen molar-refractivity contribution in [2.45, 2.75) is 37.6 Å². The number of urea groups is 1. The Hall–Kier alpha value is -2.44. The Bertz CT molecular complexity index is 683. The number of carbonyl (C=O) groups excluding carboxylic acids is 3. The lowest BCUT2D eigenvalue weighted by Crippen LogP contribution is -2.55. The predicted octanol–water partition coefficient (Wildman–Crippen LogP) is 1.52. The van der Waals surface area contributed by atoms with Crippen molar-refractivity contribution in [1.82, 2.24) is 15.5 Å². The zero-order chi connectivity index (χ0) is 17.3. The van der Waals surface area contributed by atoms with Gasteiger partial charge in [-0.1, -0.05) is 25.1 Å². The fraction of sp³-hybridized carbons (Fsp3) is 0.471. The Morgan fingerprint density at radius 1 is 1.29 bits per heavy atom. The molecule has 2 aliphatic heterocycles. The van der Waals surface area contributed by atoms with Gasteiger partial charge in [0.2, 0.25) is 5.91 Å². The molecule has 1 spiro atoms. The molecule has 2 fully saturated rings. The van der Waals surface area contributed by atoms with Crippen molar-refractivity contribution in [3.63, 3.8) is 0 Å². The third-order valence-corrected chi connectivity index (χ3v) is 4.90. The minimum atomic E-state index is -0.884. The Morgan fingerprint density at radius 3 is 2.54 bits per heavy atom. The van der Waals surface area contributed by atoms with Gasteiger partial charge in [0.25, 0.3) is 5.91 Å². The highest BCUT2D eigenvalue weighted by Gasteiger charge is 2.48. The third kappa shape index (κ3) is 2.98. The number of hydrogen-bond donors (Lipinski definition) is 2. The van der Waals surface area contributed by atoms with Crippen LogP contribution in [0.5, 0.6) is 0 Å². The molecule has 0 unspecified atom stereocenters. The summed E-state index contributed by atoms with van der Waals surface area (Å²) in [6, 6.07) is 5.98. The highest BCUT2D eigenvalue weighted by atomic mass is 19.1. The number of piperidine rings is 1. The third-order valence-electron chi connectivity index (χ3n) is 4.90. The second kappa shape index (κ2) is 6.22. The van der Waals surface area contributed by atoms with Gasteiger partial charge in [-0.3, -0.25) is 14.9 Å². The van der Waals surface area contributed by atoms with Gasteiger partial charge < -0.3 is 10.2 Å². The van der Waals surface area contributed by atoms with E-state index < -0.39 is 11.6 Å². The van der Waals surface area contributed by atoms with Gasteiger partial charge in [-0.05, 0) is 30.4 Å². The number of carbonyl (C=O) groups is 3. The lowest BCUT2D eigenvalue weighted by atomic mass is 9.87. The van der Waals surface area contributed by atoms with E-state index in [4.69, 9.17) is 0 Å². The first-order chi connectivity index (χ1) is 11.4. The highest BCUT2D eigenvalue weighted by Crippen LogP contribution is 2.28. The summed E-state index contributed by atoms with van der Waals surface area (Å²) in [7, 11) is 0. The molecule has 2 aliphatic rings.